The Hall–Kier alpha value is -2.76. The minimum atomic E-state index is -1.02. The highest BCUT2D eigenvalue weighted by atomic mass is 16.4. The molecule has 0 radical (unpaired) electrons. The number of fused-ring (bicyclic) bond motifs is 1. The lowest BCUT2D eigenvalue weighted by molar-refractivity contribution is 0.0698. The SMILES string of the molecule is Cc1c(-c2[nH]ncc2C(=O)O)c2ccc(O)cc2n1C. The lowest BCUT2D eigenvalue weighted by Gasteiger charge is -2.01. The van der Waals surface area contributed by atoms with Crippen molar-refractivity contribution in [3.8, 4) is 17.0 Å². The van der Waals surface area contributed by atoms with Gasteiger partial charge < -0.3 is 14.8 Å². The fourth-order valence-corrected chi connectivity index (χ4v) is 2.51. The normalized spacial score (nSPS) is 11.1. The van der Waals surface area contributed by atoms with Crippen LogP contribution in [0.25, 0.3) is 22.2 Å². The number of hydrogen-bond acceptors (Lipinski definition) is 3. The lowest BCUT2D eigenvalue weighted by Crippen LogP contribution is -1.98. The highest BCUT2D eigenvalue weighted by molar-refractivity contribution is 6.03. The molecular formula is C14H13N3O3. The van der Waals surface area contributed by atoms with Crippen LogP contribution in [0.15, 0.2) is 24.4 Å². The molecule has 20 heavy (non-hydrogen) atoms. The third-order valence-electron chi connectivity index (χ3n) is 3.60. The fraction of sp³-hybridized carbons (Fsp3) is 0.143. The summed E-state index contributed by atoms with van der Waals surface area (Å²) in [5, 5.41) is 26.3. The number of benzene rings is 1. The van der Waals surface area contributed by atoms with Crippen molar-refractivity contribution in [1.29, 1.82) is 0 Å². The molecule has 102 valence electrons. The smallest absolute Gasteiger partial charge is 0.339 e. The number of phenols is 1. The first kappa shape index (κ1) is 12.3. The van der Waals surface area contributed by atoms with Gasteiger partial charge in [-0.15, -0.1) is 0 Å². The van der Waals surface area contributed by atoms with Crippen molar-refractivity contribution in [2.45, 2.75) is 6.92 Å². The zero-order chi connectivity index (χ0) is 14.4. The number of phenolic OH excluding ortho intramolecular Hbond substituents is 1. The largest absolute Gasteiger partial charge is 0.508 e. The van der Waals surface area contributed by atoms with E-state index in [1.807, 2.05) is 18.5 Å². The number of carboxylic acid groups (broad SMARTS) is 1. The number of aryl methyl sites for hydroxylation is 1. The molecule has 6 heteroatoms. The maximum atomic E-state index is 11.3. The first-order chi connectivity index (χ1) is 9.50. The topological polar surface area (TPSA) is 91.1 Å². The molecule has 0 saturated carbocycles. The van der Waals surface area contributed by atoms with Crippen LogP contribution in [0.1, 0.15) is 16.1 Å². The number of aromatic nitrogens is 3. The van der Waals surface area contributed by atoms with E-state index in [2.05, 4.69) is 10.2 Å². The fourth-order valence-electron chi connectivity index (χ4n) is 2.51. The van der Waals surface area contributed by atoms with Gasteiger partial charge in [0.05, 0.1) is 17.4 Å². The third-order valence-corrected chi connectivity index (χ3v) is 3.60. The van der Waals surface area contributed by atoms with Gasteiger partial charge in [-0.05, 0) is 19.1 Å². The van der Waals surface area contributed by atoms with E-state index in [4.69, 9.17) is 0 Å². The first-order valence-electron chi connectivity index (χ1n) is 6.05. The van der Waals surface area contributed by atoms with E-state index in [9.17, 15) is 15.0 Å². The zero-order valence-corrected chi connectivity index (χ0v) is 11.0. The van der Waals surface area contributed by atoms with Crippen molar-refractivity contribution in [2.24, 2.45) is 7.05 Å². The molecule has 0 saturated heterocycles. The summed E-state index contributed by atoms with van der Waals surface area (Å²) < 4.78 is 1.91. The summed E-state index contributed by atoms with van der Waals surface area (Å²) in [6.07, 6.45) is 1.30. The van der Waals surface area contributed by atoms with Crippen LogP contribution in [0.2, 0.25) is 0 Å². The molecule has 0 aliphatic carbocycles. The van der Waals surface area contributed by atoms with Gasteiger partial charge in [-0.25, -0.2) is 4.79 Å². The molecule has 0 atom stereocenters. The molecule has 3 N–H and O–H groups in total. The molecule has 0 unspecified atom stereocenters. The van der Waals surface area contributed by atoms with Crippen molar-refractivity contribution in [1.82, 2.24) is 14.8 Å². The number of aromatic carboxylic acids is 1. The van der Waals surface area contributed by atoms with Crippen LogP contribution < -0.4 is 0 Å². The number of carboxylic acids is 1. The summed E-state index contributed by atoms with van der Waals surface area (Å²) in [4.78, 5) is 11.3. The average Bonchev–Trinajstić information content (AvgIpc) is 2.96. The quantitative estimate of drug-likeness (QED) is 0.666. The van der Waals surface area contributed by atoms with Crippen LogP contribution in [-0.4, -0.2) is 30.9 Å². The predicted octanol–water partition coefficient (Wildman–Crippen LogP) is 2.28. The molecule has 0 spiro atoms. The second kappa shape index (κ2) is 4.12. The molecule has 6 nitrogen and oxygen atoms in total. The van der Waals surface area contributed by atoms with Crippen molar-refractivity contribution >= 4 is 16.9 Å². The Bertz CT molecular complexity index is 830. The minimum absolute atomic E-state index is 0.133. The summed E-state index contributed by atoms with van der Waals surface area (Å²) in [7, 11) is 1.87. The van der Waals surface area contributed by atoms with Gasteiger partial charge in [-0.2, -0.15) is 5.10 Å². The van der Waals surface area contributed by atoms with Gasteiger partial charge >= 0.3 is 5.97 Å². The molecule has 1 aromatic carbocycles. The third kappa shape index (κ3) is 1.58. The molecule has 0 aliphatic heterocycles. The van der Waals surface area contributed by atoms with Crippen LogP contribution in [0.5, 0.6) is 5.75 Å². The van der Waals surface area contributed by atoms with E-state index in [1.165, 1.54) is 6.20 Å². The molecule has 2 aromatic heterocycles. The Morgan fingerprint density at radius 1 is 1.40 bits per heavy atom. The van der Waals surface area contributed by atoms with E-state index >= 15 is 0 Å². The number of nitrogens with zero attached hydrogens (tertiary/aromatic N) is 2. The standard InChI is InChI=1S/C14H13N3O3/c1-7-12(13-10(14(19)20)6-15-16-13)9-4-3-8(18)5-11(9)17(7)2/h3-6,18H,1-2H3,(H,15,16)(H,19,20). The highest BCUT2D eigenvalue weighted by Crippen LogP contribution is 2.35. The monoisotopic (exact) mass is 271 g/mol. The lowest BCUT2D eigenvalue weighted by atomic mass is 10.0. The van der Waals surface area contributed by atoms with Gasteiger partial charge in [0.2, 0.25) is 0 Å². The van der Waals surface area contributed by atoms with E-state index < -0.39 is 5.97 Å². The van der Waals surface area contributed by atoms with Gasteiger partial charge in [-0.1, -0.05) is 0 Å². The van der Waals surface area contributed by atoms with Crippen LogP contribution in [0.4, 0.5) is 0 Å². The Labute approximate surface area is 114 Å². The number of rotatable bonds is 2. The summed E-state index contributed by atoms with van der Waals surface area (Å²) in [6.45, 7) is 1.90. The van der Waals surface area contributed by atoms with Gasteiger partial charge in [0.25, 0.3) is 0 Å². The summed E-state index contributed by atoms with van der Waals surface area (Å²) >= 11 is 0. The van der Waals surface area contributed by atoms with E-state index in [-0.39, 0.29) is 11.3 Å². The Kier molecular flexibility index (Phi) is 2.53. The second-order valence-electron chi connectivity index (χ2n) is 4.68. The van der Waals surface area contributed by atoms with E-state index in [0.717, 1.165) is 22.2 Å². The van der Waals surface area contributed by atoms with Crippen molar-refractivity contribution in [2.75, 3.05) is 0 Å². The second-order valence-corrected chi connectivity index (χ2v) is 4.68. The predicted molar refractivity (Wildman–Crippen MR) is 73.9 cm³/mol. The highest BCUT2D eigenvalue weighted by Gasteiger charge is 2.21. The number of aromatic hydroxyl groups is 1. The Balaban J connectivity index is 2.39. The Morgan fingerprint density at radius 3 is 2.85 bits per heavy atom. The average molecular weight is 271 g/mol. The molecule has 0 amide bonds. The summed E-state index contributed by atoms with van der Waals surface area (Å²) in [6, 6.07) is 5.02. The van der Waals surface area contributed by atoms with Crippen LogP contribution >= 0.6 is 0 Å². The number of aromatic amines is 1. The van der Waals surface area contributed by atoms with Crippen LogP contribution in [-0.2, 0) is 7.05 Å². The van der Waals surface area contributed by atoms with Gasteiger partial charge in [0, 0.05) is 29.8 Å². The molecular weight excluding hydrogens is 258 g/mol. The van der Waals surface area contributed by atoms with Gasteiger partial charge in [0.15, 0.2) is 0 Å². The molecule has 0 aliphatic rings. The summed E-state index contributed by atoms with van der Waals surface area (Å²) in [5.74, 6) is -0.850. The van der Waals surface area contributed by atoms with Crippen LogP contribution in [0, 0.1) is 6.92 Å². The molecule has 0 fully saturated rings. The van der Waals surface area contributed by atoms with Crippen molar-refractivity contribution in [3.63, 3.8) is 0 Å². The first-order valence-corrected chi connectivity index (χ1v) is 6.05. The molecule has 3 aromatic rings. The number of hydrogen-bond donors (Lipinski definition) is 3. The zero-order valence-electron chi connectivity index (χ0n) is 11.0. The van der Waals surface area contributed by atoms with Gasteiger partial charge in [-0.3, -0.25) is 5.10 Å². The van der Waals surface area contributed by atoms with E-state index in [1.54, 1.807) is 18.2 Å². The van der Waals surface area contributed by atoms with Crippen molar-refractivity contribution in [3.05, 3.63) is 35.7 Å². The Morgan fingerprint density at radius 2 is 2.15 bits per heavy atom. The number of H-pyrrole nitrogens is 1. The van der Waals surface area contributed by atoms with Gasteiger partial charge in [0.1, 0.15) is 11.3 Å². The maximum Gasteiger partial charge on any atom is 0.339 e. The summed E-state index contributed by atoms with van der Waals surface area (Å²) in [5.41, 5.74) is 3.14. The van der Waals surface area contributed by atoms with Crippen LogP contribution in [0.3, 0.4) is 0 Å². The molecule has 3 rings (SSSR count). The maximum absolute atomic E-state index is 11.3. The van der Waals surface area contributed by atoms with E-state index in [0.29, 0.717) is 5.69 Å². The number of nitrogens with one attached hydrogen (secondary N) is 1. The molecule has 2 heterocycles. The minimum Gasteiger partial charge on any atom is -0.508 e. The molecule has 0 bridgehead atoms. The van der Waals surface area contributed by atoms with Crippen molar-refractivity contribution < 1.29 is 15.0 Å². The number of carbonyl (C=O) groups is 1.